The predicted molar refractivity (Wildman–Crippen MR) is 91.0 cm³/mol. The van der Waals surface area contributed by atoms with Crippen molar-refractivity contribution in [1.29, 1.82) is 0 Å². The summed E-state index contributed by atoms with van der Waals surface area (Å²) in [6, 6.07) is 0. The zero-order valence-corrected chi connectivity index (χ0v) is 16.9. The summed E-state index contributed by atoms with van der Waals surface area (Å²) in [6.45, 7) is 2.67. The molecule has 0 saturated heterocycles. The molecule has 123 valence electrons. The Bertz CT molecular complexity index is 297. The van der Waals surface area contributed by atoms with E-state index < -0.39 is 10.1 Å². The second kappa shape index (κ2) is 17.2. The molecule has 21 heavy (non-hydrogen) atoms. The van der Waals surface area contributed by atoms with Crippen molar-refractivity contribution < 1.29 is 12.6 Å². The van der Waals surface area contributed by atoms with Crippen molar-refractivity contribution in [3.63, 3.8) is 0 Å². The Kier molecular flexibility index (Phi) is 19.8. The molecule has 2 N–H and O–H groups in total. The van der Waals surface area contributed by atoms with Crippen LogP contribution >= 0.6 is 0 Å². The van der Waals surface area contributed by atoms with Crippen LogP contribution in [0.15, 0.2) is 0 Å². The molecule has 1 radical (unpaired) electrons. The second-order valence-electron chi connectivity index (χ2n) is 5.41. The van der Waals surface area contributed by atoms with Gasteiger partial charge in [0.25, 0.3) is 10.1 Å². The minimum atomic E-state index is -3.37. The van der Waals surface area contributed by atoms with Crippen molar-refractivity contribution in [3.05, 3.63) is 0 Å². The van der Waals surface area contributed by atoms with Crippen molar-refractivity contribution in [2.75, 3.05) is 18.9 Å². The minimum Gasteiger partial charge on any atom is -0.329 e. The summed E-state index contributed by atoms with van der Waals surface area (Å²) >= 11 is 0. The van der Waals surface area contributed by atoms with Crippen LogP contribution in [-0.4, -0.2) is 56.9 Å². The molecule has 0 spiro atoms. The van der Waals surface area contributed by atoms with Crippen LogP contribution in [0.2, 0.25) is 0 Å². The molecular formula is C15H33NNaO3S. The molecule has 0 aromatic carbocycles. The molecule has 0 aromatic rings. The molecule has 0 bridgehead atoms. The van der Waals surface area contributed by atoms with Crippen LogP contribution in [0.5, 0.6) is 0 Å². The molecule has 0 rings (SSSR count). The summed E-state index contributed by atoms with van der Waals surface area (Å²) in [5.74, 6) is -0.0783. The summed E-state index contributed by atoms with van der Waals surface area (Å²) in [5, 5.41) is 0. The first-order valence-corrected chi connectivity index (χ1v) is 9.77. The van der Waals surface area contributed by atoms with Gasteiger partial charge in [-0.05, 0) is 6.42 Å². The van der Waals surface area contributed by atoms with Gasteiger partial charge in [-0.3, -0.25) is 4.18 Å². The average Bonchev–Trinajstić information content (AvgIpc) is 2.40. The molecule has 4 nitrogen and oxygen atoms in total. The van der Waals surface area contributed by atoms with Crippen molar-refractivity contribution in [1.82, 2.24) is 0 Å². The normalized spacial score (nSPS) is 11.3. The van der Waals surface area contributed by atoms with Gasteiger partial charge in [-0.15, -0.1) is 0 Å². The van der Waals surface area contributed by atoms with Gasteiger partial charge >= 0.3 is 0 Å². The number of nitrogens with two attached hydrogens (primary N) is 1. The fourth-order valence-corrected chi connectivity index (χ4v) is 2.93. The Hall–Kier alpha value is 0.870. The van der Waals surface area contributed by atoms with Gasteiger partial charge in [0.1, 0.15) is 0 Å². The maximum Gasteiger partial charge on any atom is 0.268 e. The minimum absolute atomic E-state index is 0. The summed E-state index contributed by atoms with van der Waals surface area (Å²) < 4.78 is 27.3. The van der Waals surface area contributed by atoms with Crippen LogP contribution in [0.1, 0.15) is 77.6 Å². The average molecular weight is 330 g/mol. The summed E-state index contributed by atoms with van der Waals surface area (Å²) in [4.78, 5) is 0. The van der Waals surface area contributed by atoms with E-state index in [1.54, 1.807) is 0 Å². The number of hydrogen-bond acceptors (Lipinski definition) is 4. The topological polar surface area (TPSA) is 69.4 Å². The van der Waals surface area contributed by atoms with Crippen molar-refractivity contribution >= 4 is 39.7 Å². The first-order valence-electron chi connectivity index (χ1n) is 8.19. The molecule has 0 atom stereocenters. The molecular weight excluding hydrogens is 297 g/mol. The van der Waals surface area contributed by atoms with E-state index in [0.29, 0.717) is 6.61 Å². The van der Waals surface area contributed by atoms with Gasteiger partial charge in [0.15, 0.2) is 0 Å². The van der Waals surface area contributed by atoms with E-state index in [1.807, 2.05) is 0 Å². The van der Waals surface area contributed by atoms with Gasteiger partial charge in [-0.25, -0.2) is 0 Å². The Morgan fingerprint density at radius 2 is 1.24 bits per heavy atom. The molecule has 0 aliphatic heterocycles. The molecule has 0 aliphatic rings. The SMILES string of the molecule is CCCCCCCCCCCCCOS(=O)(=O)CCN.[Na]. The fourth-order valence-electron chi connectivity index (χ4n) is 2.16. The standard InChI is InChI=1S/C15H33NO3S.Na/c1-2-3-4-5-6-7-8-9-10-11-12-14-19-20(17,18)15-13-16;/h2-16H2,1H3;. The molecule has 0 aliphatic carbocycles. The van der Waals surface area contributed by atoms with Gasteiger partial charge in [0.05, 0.1) is 12.4 Å². The molecule has 6 heteroatoms. The van der Waals surface area contributed by atoms with E-state index in [-0.39, 0.29) is 41.9 Å². The Balaban J connectivity index is 0. The summed E-state index contributed by atoms with van der Waals surface area (Å²) in [6.07, 6.45) is 13.7. The van der Waals surface area contributed by atoms with Crippen LogP contribution in [0.3, 0.4) is 0 Å². The second-order valence-corrected chi connectivity index (χ2v) is 7.17. The largest absolute Gasteiger partial charge is 0.329 e. The Morgan fingerprint density at radius 1 is 0.810 bits per heavy atom. The molecule has 0 unspecified atom stereocenters. The third-order valence-electron chi connectivity index (χ3n) is 3.38. The zero-order chi connectivity index (χ0) is 15.1. The number of rotatable bonds is 15. The van der Waals surface area contributed by atoms with E-state index >= 15 is 0 Å². The molecule has 0 saturated carbocycles. The maximum atomic E-state index is 11.2. The summed E-state index contributed by atoms with van der Waals surface area (Å²) in [7, 11) is -3.37. The molecule has 0 heterocycles. The maximum absolute atomic E-state index is 11.2. The fraction of sp³-hybridized carbons (Fsp3) is 1.00. The predicted octanol–water partition coefficient (Wildman–Crippen LogP) is 3.22. The van der Waals surface area contributed by atoms with Gasteiger partial charge in [0.2, 0.25) is 0 Å². The van der Waals surface area contributed by atoms with E-state index in [2.05, 4.69) is 6.92 Å². The van der Waals surface area contributed by atoms with Gasteiger partial charge in [-0.1, -0.05) is 71.1 Å². The smallest absolute Gasteiger partial charge is 0.268 e. The Labute approximate surface area is 154 Å². The third kappa shape index (κ3) is 18.8. The molecule has 0 fully saturated rings. The van der Waals surface area contributed by atoms with Gasteiger partial charge in [0, 0.05) is 36.1 Å². The first kappa shape index (κ1) is 24.1. The Morgan fingerprint density at radius 3 is 1.67 bits per heavy atom. The first-order chi connectivity index (χ1) is 9.62. The molecule has 0 amide bonds. The van der Waals surface area contributed by atoms with Crippen LogP contribution in [0.4, 0.5) is 0 Å². The molecule has 0 aromatic heterocycles. The van der Waals surface area contributed by atoms with Crippen molar-refractivity contribution in [3.8, 4) is 0 Å². The van der Waals surface area contributed by atoms with E-state index in [1.165, 1.54) is 57.8 Å². The summed E-state index contributed by atoms with van der Waals surface area (Å²) in [5.41, 5.74) is 5.19. The number of unbranched alkanes of at least 4 members (excludes halogenated alkanes) is 10. The number of hydrogen-bond donors (Lipinski definition) is 1. The van der Waals surface area contributed by atoms with Crippen LogP contribution in [0.25, 0.3) is 0 Å². The van der Waals surface area contributed by atoms with E-state index in [9.17, 15) is 8.42 Å². The zero-order valence-electron chi connectivity index (χ0n) is 14.1. The van der Waals surface area contributed by atoms with E-state index in [0.717, 1.165) is 12.8 Å². The quantitative estimate of drug-likeness (QED) is 0.284. The van der Waals surface area contributed by atoms with Crippen LogP contribution < -0.4 is 5.73 Å². The van der Waals surface area contributed by atoms with Crippen molar-refractivity contribution in [2.45, 2.75) is 77.6 Å². The van der Waals surface area contributed by atoms with Crippen molar-refractivity contribution in [2.24, 2.45) is 5.73 Å². The van der Waals surface area contributed by atoms with E-state index in [4.69, 9.17) is 9.92 Å². The van der Waals surface area contributed by atoms with Crippen LogP contribution in [0, 0.1) is 0 Å². The van der Waals surface area contributed by atoms with Crippen LogP contribution in [-0.2, 0) is 14.3 Å². The van der Waals surface area contributed by atoms with Gasteiger partial charge in [-0.2, -0.15) is 8.42 Å². The van der Waals surface area contributed by atoms with Gasteiger partial charge < -0.3 is 5.73 Å². The third-order valence-corrected chi connectivity index (χ3v) is 4.64. The monoisotopic (exact) mass is 330 g/mol.